The van der Waals surface area contributed by atoms with Crippen LogP contribution in [0.3, 0.4) is 0 Å². The molecule has 0 unspecified atom stereocenters. The molecule has 0 aromatic rings. The Morgan fingerprint density at radius 1 is 1.50 bits per heavy atom. The van der Waals surface area contributed by atoms with Gasteiger partial charge in [-0.25, -0.2) is 5.90 Å². The SMILES string of the molecule is CC(C)ON.O. The molecule has 0 aliphatic carbocycles. The van der Waals surface area contributed by atoms with Crippen LogP contribution in [0.5, 0.6) is 0 Å². The van der Waals surface area contributed by atoms with Gasteiger partial charge in [-0.15, -0.1) is 0 Å². The summed E-state index contributed by atoms with van der Waals surface area (Å²) in [6.45, 7) is 3.75. The van der Waals surface area contributed by atoms with Crippen molar-refractivity contribution in [3.63, 3.8) is 0 Å². The average molecular weight is 93.1 g/mol. The number of nitrogens with two attached hydrogens (primary N) is 1. The highest BCUT2D eigenvalue weighted by Crippen LogP contribution is 1.74. The highest BCUT2D eigenvalue weighted by molar-refractivity contribution is 4.25. The molecule has 3 heteroatoms. The van der Waals surface area contributed by atoms with Crippen molar-refractivity contribution in [2.75, 3.05) is 0 Å². The Morgan fingerprint density at radius 3 is 1.67 bits per heavy atom. The van der Waals surface area contributed by atoms with E-state index in [4.69, 9.17) is 0 Å². The summed E-state index contributed by atoms with van der Waals surface area (Å²) < 4.78 is 0. The van der Waals surface area contributed by atoms with Crippen molar-refractivity contribution in [3.05, 3.63) is 0 Å². The van der Waals surface area contributed by atoms with Gasteiger partial charge in [0.15, 0.2) is 0 Å². The zero-order chi connectivity index (χ0) is 4.28. The molecule has 6 heavy (non-hydrogen) atoms. The van der Waals surface area contributed by atoms with Crippen LogP contribution in [0.2, 0.25) is 0 Å². The van der Waals surface area contributed by atoms with Gasteiger partial charge in [0.05, 0.1) is 6.10 Å². The normalized spacial score (nSPS) is 8.00. The van der Waals surface area contributed by atoms with Gasteiger partial charge in [0.2, 0.25) is 0 Å². The second-order valence-electron chi connectivity index (χ2n) is 1.18. The van der Waals surface area contributed by atoms with Gasteiger partial charge < -0.3 is 10.3 Å². The van der Waals surface area contributed by atoms with Gasteiger partial charge in [-0.2, -0.15) is 0 Å². The third-order valence-corrected chi connectivity index (χ3v) is 0.272. The van der Waals surface area contributed by atoms with E-state index < -0.39 is 0 Å². The van der Waals surface area contributed by atoms with Gasteiger partial charge in [0.25, 0.3) is 0 Å². The lowest BCUT2D eigenvalue weighted by Gasteiger charge is -1.93. The predicted octanol–water partition coefficient (Wildman–Crippen LogP) is -0.540. The summed E-state index contributed by atoms with van der Waals surface area (Å²) in [7, 11) is 0. The quantitative estimate of drug-likeness (QED) is 0.442. The van der Waals surface area contributed by atoms with Crippen LogP contribution in [0.15, 0.2) is 0 Å². The maximum Gasteiger partial charge on any atom is 0.0731 e. The van der Waals surface area contributed by atoms with Crippen LogP contribution in [-0.2, 0) is 4.84 Å². The minimum atomic E-state index is 0. The van der Waals surface area contributed by atoms with Crippen molar-refractivity contribution in [1.29, 1.82) is 0 Å². The van der Waals surface area contributed by atoms with Crippen molar-refractivity contribution >= 4 is 0 Å². The van der Waals surface area contributed by atoms with Crippen LogP contribution in [0.25, 0.3) is 0 Å². The number of rotatable bonds is 1. The maximum atomic E-state index is 4.67. The largest absolute Gasteiger partial charge is 0.412 e. The summed E-state index contributed by atoms with van der Waals surface area (Å²) in [5.41, 5.74) is 0. The maximum absolute atomic E-state index is 4.67. The molecule has 0 saturated carbocycles. The fourth-order valence-corrected chi connectivity index (χ4v) is 0. The predicted molar refractivity (Wildman–Crippen MR) is 24.0 cm³/mol. The lowest BCUT2D eigenvalue weighted by molar-refractivity contribution is 0.0800. The first-order valence-corrected chi connectivity index (χ1v) is 1.63. The molecule has 40 valence electrons. The summed E-state index contributed by atoms with van der Waals surface area (Å²) >= 11 is 0. The molecule has 0 amide bonds. The third kappa shape index (κ3) is 9.11. The average Bonchev–Trinajstić information content (AvgIpc) is 1.38. The molecule has 0 fully saturated rings. The van der Waals surface area contributed by atoms with Crippen LogP contribution in [0.4, 0.5) is 0 Å². The molecule has 3 nitrogen and oxygen atoms in total. The Hall–Kier alpha value is -0.120. The number of hydrogen-bond acceptors (Lipinski definition) is 2. The molecule has 0 radical (unpaired) electrons. The Labute approximate surface area is 37.4 Å². The smallest absolute Gasteiger partial charge is 0.0731 e. The third-order valence-electron chi connectivity index (χ3n) is 0.272. The fraction of sp³-hybridized carbons (Fsp3) is 1.00. The van der Waals surface area contributed by atoms with Crippen molar-refractivity contribution < 1.29 is 10.3 Å². The van der Waals surface area contributed by atoms with E-state index in [2.05, 4.69) is 10.7 Å². The van der Waals surface area contributed by atoms with E-state index in [-0.39, 0.29) is 11.6 Å². The molecular weight excluding hydrogens is 82.0 g/mol. The van der Waals surface area contributed by atoms with E-state index in [1.165, 1.54) is 0 Å². The topological polar surface area (TPSA) is 66.8 Å². The standard InChI is InChI=1S/C3H9NO.H2O/c1-3(2)5-4;/h3H,4H2,1-2H3;1H2. The van der Waals surface area contributed by atoms with Crippen LogP contribution in [0.1, 0.15) is 13.8 Å². The minimum Gasteiger partial charge on any atom is -0.412 e. The van der Waals surface area contributed by atoms with Crippen LogP contribution < -0.4 is 5.90 Å². The second-order valence-corrected chi connectivity index (χ2v) is 1.18. The molecular formula is C3H11NO2. The molecule has 0 spiro atoms. The molecule has 0 atom stereocenters. The van der Waals surface area contributed by atoms with Crippen LogP contribution in [-0.4, -0.2) is 11.6 Å². The van der Waals surface area contributed by atoms with Gasteiger partial charge in [0, 0.05) is 0 Å². The van der Waals surface area contributed by atoms with Gasteiger partial charge in [-0.05, 0) is 13.8 Å². The molecule has 0 saturated heterocycles. The first-order chi connectivity index (χ1) is 2.27. The van der Waals surface area contributed by atoms with E-state index in [0.717, 1.165) is 0 Å². The van der Waals surface area contributed by atoms with Gasteiger partial charge in [0.1, 0.15) is 0 Å². The Kier molecular flexibility index (Phi) is 7.57. The molecule has 0 bridgehead atoms. The summed E-state index contributed by atoms with van der Waals surface area (Å²) in [4.78, 5) is 4.25. The molecule has 4 N–H and O–H groups in total. The zero-order valence-electron chi connectivity index (χ0n) is 4.06. The fourth-order valence-electron chi connectivity index (χ4n) is 0. The molecule has 0 aromatic carbocycles. The molecule has 0 aliphatic heterocycles. The van der Waals surface area contributed by atoms with Crippen LogP contribution in [0, 0.1) is 0 Å². The van der Waals surface area contributed by atoms with Crippen molar-refractivity contribution in [3.8, 4) is 0 Å². The Bertz CT molecular complexity index is 22.8. The molecule has 0 aliphatic rings. The van der Waals surface area contributed by atoms with Crippen molar-refractivity contribution in [1.82, 2.24) is 0 Å². The molecule has 0 rings (SSSR count). The lowest BCUT2D eigenvalue weighted by Crippen LogP contribution is -2.07. The van der Waals surface area contributed by atoms with Crippen LogP contribution >= 0.6 is 0 Å². The zero-order valence-corrected chi connectivity index (χ0v) is 4.06. The van der Waals surface area contributed by atoms with Gasteiger partial charge in [-0.1, -0.05) is 0 Å². The van der Waals surface area contributed by atoms with Crippen molar-refractivity contribution in [2.24, 2.45) is 5.90 Å². The van der Waals surface area contributed by atoms with Gasteiger partial charge >= 0.3 is 0 Å². The lowest BCUT2D eigenvalue weighted by atomic mass is 10.5. The van der Waals surface area contributed by atoms with E-state index in [0.29, 0.717) is 0 Å². The minimum absolute atomic E-state index is 0. The van der Waals surface area contributed by atoms with E-state index in [1.807, 2.05) is 13.8 Å². The Balaban J connectivity index is 0. The van der Waals surface area contributed by atoms with E-state index >= 15 is 0 Å². The van der Waals surface area contributed by atoms with E-state index in [9.17, 15) is 0 Å². The summed E-state index contributed by atoms with van der Waals surface area (Å²) in [5.74, 6) is 4.67. The summed E-state index contributed by atoms with van der Waals surface area (Å²) in [6.07, 6.45) is 0.162. The molecule has 0 aromatic heterocycles. The highest BCUT2D eigenvalue weighted by atomic mass is 16.6. The number of hydrogen-bond donors (Lipinski definition) is 1. The Morgan fingerprint density at radius 2 is 1.67 bits per heavy atom. The summed E-state index contributed by atoms with van der Waals surface area (Å²) in [6, 6.07) is 0. The summed E-state index contributed by atoms with van der Waals surface area (Å²) in [5, 5.41) is 0. The van der Waals surface area contributed by atoms with Gasteiger partial charge in [-0.3, -0.25) is 0 Å². The first-order valence-electron chi connectivity index (χ1n) is 1.63. The van der Waals surface area contributed by atoms with E-state index in [1.54, 1.807) is 0 Å². The monoisotopic (exact) mass is 93.1 g/mol. The highest BCUT2D eigenvalue weighted by Gasteiger charge is 1.79. The van der Waals surface area contributed by atoms with Crippen molar-refractivity contribution in [2.45, 2.75) is 20.0 Å². The first kappa shape index (κ1) is 9.30. The molecule has 0 heterocycles. The second kappa shape index (κ2) is 4.88.